The Bertz CT molecular complexity index is 457. The third kappa shape index (κ3) is 6.07. The molecule has 1 amide bonds. The molecule has 1 aromatic rings. The van der Waals surface area contributed by atoms with Gasteiger partial charge in [-0.15, -0.1) is 0 Å². The highest BCUT2D eigenvalue weighted by Crippen LogP contribution is 2.32. The van der Waals surface area contributed by atoms with Gasteiger partial charge in [0.2, 0.25) is 5.91 Å². The number of halogens is 2. The zero-order valence-corrected chi connectivity index (χ0v) is 13.0. The Morgan fingerprint density at radius 3 is 2.14 bits per heavy atom. The van der Waals surface area contributed by atoms with Crippen LogP contribution in [0.1, 0.15) is 6.42 Å². The fourth-order valence-electron chi connectivity index (χ4n) is 1.79. The van der Waals surface area contributed by atoms with Crippen molar-refractivity contribution in [3.8, 4) is 0 Å². The van der Waals surface area contributed by atoms with Crippen molar-refractivity contribution in [2.75, 3.05) is 43.9 Å². The number of aliphatic hydroxyl groups is 2. The summed E-state index contributed by atoms with van der Waals surface area (Å²) in [5, 5.41) is 21.0. The Labute approximate surface area is 133 Å². The molecule has 0 aliphatic heterocycles. The molecule has 1 aromatic carbocycles. The summed E-state index contributed by atoms with van der Waals surface area (Å²) in [4.78, 5) is 13.7. The first-order valence-electron chi connectivity index (χ1n) is 6.46. The molecule has 1 rings (SSSR count). The summed E-state index contributed by atoms with van der Waals surface area (Å²) in [6, 6.07) is 3.01. The smallest absolute Gasteiger partial charge is 0.225 e. The molecule has 0 atom stereocenters. The van der Waals surface area contributed by atoms with Crippen LogP contribution in [0.25, 0.3) is 0 Å². The van der Waals surface area contributed by atoms with Gasteiger partial charge in [0.15, 0.2) is 0 Å². The molecule has 21 heavy (non-hydrogen) atoms. The molecule has 0 aliphatic rings. The average molecular weight is 336 g/mol. The van der Waals surface area contributed by atoms with Crippen molar-refractivity contribution < 1.29 is 15.0 Å². The van der Waals surface area contributed by atoms with E-state index in [0.29, 0.717) is 31.0 Å². The summed E-state index contributed by atoms with van der Waals surface area (Å²) in [7, 11) is 0. The largest absolute Gasteiger partial charge is 0.399 e. The molecule has 0 radical (unpaired) electrons. The number of nitrogens with zero attached hydrogens (tertiary/aromatic N) is 1. The van der Waals surface area contributed by atoms with E-state index in [9.17, 15) is 4.79 Å². The molecule has 0 saturated heterocycles. The van der Waals surface area contributed by atoms with Crippen LogP contribution in [0.2, 0.25) is 10.0 Å². The Morgan fingerprint density at radius 2 is 1.67 bits per heavy atom. The summed E-state index contributed by atoms with van der Waals surface area (Å²) in [5.74, 6) is -0.260. The summed E-state index contributed by atoms with van der Waals surface area (Å²) in [6.07, 6.45) is 0.192. The van der Waals surface area contributed by atoms with E-state index in [1.165, 1.54) is 12.1 Å². The highest BCUT2D eigenvalue weighted by molar-refractivity contribution is 6.40. The number of nitrogens with two attached hydrogens (primary N) is 1. The van der Waals surface area contributed by atoms with Crippen LogP contribution in [0.3, 0.4) is 0 Å². The normalized spacial score (nSPS) is 10.9. The first kappa shape index (κ1) is 18.0. The highest BCUT2D eigenvalue weighted by Gasteiger charge is 2.12. The molecule has 0 heterocycles. The van der Waals surface area contributed by atoms with E-state index < -0.39 is 0 Å². The minimum atomic E-state index is -0.260. The average Bonchev–Trinajstić information content (AvgIpc) is 2.40. The maximum absolute atomic E-state index is 11.9. The quantitative estimate of drug-likeness (QED) is 0.535. The lowest BCUT2D eigenvalue weighted by Gasteiger charge is -2.19. The van der Waals surface area contributed by atoms with Crippen LogP contribution in [0.15, 0.2) is 12.1 Å². The van der Waals surface area contributed by atoms with Gasteiger partial charge in [-0.1, -0.05) is 23.2 Å². The molecule has 0 aromatic heterocycles. The number of hydrogen-bond donors (Lipinski definition) is 4. The molecule has 118 valence electrons. The van der Waals surface area contributed by atoms with Crippen molar-refractivity contribution in [2.45, 2.75) is 6.42 Å². The Hall–Kier alpha value is -1.05. The third-order valence-corrected chi connectivity index (χ3v) is 3.41. The van der Waals surface area contributed by atoms with E-state index in [1.807, 2.05) is 0 Å². The molecule has 0 saturated carbocycles. The Balaban J connectivity index is 2.57. The number of anilines is 2. The molecule has 0 fully saturated rings. The minimum Gasteiger partial charge on any atom is -0.399 e. The van der Waals surface area contributed by atoms with Crippen molar-refractivity contribution >= 4 is 40.5 Å². The van der Waals surface area contributed by atoms with Crippen LogP contribution < -0.4 is 11.1 Å². The summed E-state index contributed by atoms with van der Waals surface area (Å²) >= 11 is 12.0. The highest BCUT2D eigenvalue weighted by atomic mass is 35.5. The number of benzene rings is 1. The molecule has 8 heteroatoms. The van der Waals surface area contributed by atoms with Crippen molar-refractivity contribution in [1.82, 2.24) is 4.90 Å². The SMILES string of the molecule is Nc1cc(Cl)c(NC(=O)CCN(CCO)CCO)c(Cl)c1. The van der Waals surface area contributed by atoms with Gasteiger partial charge in [-0.3, -0.25) is 9.69 Å². The first-order valence-corrected chi connectivity index (χ1v) is 7.22. The van der Waals surface area contributed by atoms with Crippen molar-refractivity contribution in [3.63, 3.8) is 0 Å². The van der Waals surface area contributed by atoms with Crippen LogP contribution >= 0.6 is 23.2 Å². The van der Waals surface area contributed by atoms with E-state index >= 15 is 0 Å². The van der Waals surface area contributed by atoms with Gasteiger partial charge in [0.1, 0.15) is 0 Å². The van der Waals surface area contributed by atoms with E-state index in [2.05, 4.69) is 5.32 Å². The van der Waals surface area contributed by atoms with Gasteiger partial charge in [-0.25, -0.2) is 0 Å². The molecule has 6 nitrogen and oxygen atoms in total. The second-order valence-corrected chi connectivity index (χ2v) is 5.26. The minimum absolute atomic E-state index is 0.0305. The third-order valence-electron chi connectivity index (χ3n) is 2.82. The number of hydrogen-bond acceptors (Lipinski definition) is 5. The van der Waals surface area contributed by atoms with Gasteiger partial charge in [0, 0.05) is 31.7 Å². The number of nitrogen functional groups attached to an aromatic ring is 1. The number of amides is 1. The maximum atomic E-state index is 11.9. The topological polar surface area (TPSA) is 98.8 Å². The number of rotatable bonds is 8. The molecule has 0 unspecified atom stereocenters. The molecular formula is C13H19Cl2N3O3. The van der Waals surface area contributed by atoms with E-state index in [0.717, 1.165) is 0 Å². The standard InChI is InChI=1S/C13H19Cl2N3O3/c14-10-7-9(16)8-11(15)13(10)17-12(21)1-2-18(3-5-19)4-6-20/h7-8,19-20H,1-6,16H2,(H,17,21). The number of aliphatic hydroxyl groups excluding tert-OH is 2. The van der Waals surface area contributed by atoms with E-state index in [1.54, 1.807) is 4.90 Å². The van der Waals surface area contributed by atoms with Crippen molar-refractivity contribution in [2.24, 2.45) is 0 Å². The zero-order chi connectivity index (χ0) is 15.8. The number of nitrogens with one attached hydrogen (secondary N) is 1. The van der Waals surface area contributed by atoms with Crippen LogP contribution in [0.5, 0.6) is 0 Å². The maximum Gasteiger partial charge on any atom is 0.225 e. The molecule has 0 spiro atoms. The second kappa shape index (κ2) is 9.07. The number of carbonyl (C=O) groups excluding carboxylic acids is 1. The Kier molecular flexibility index (Phi) is 7.77. The zero-order valence-electron chi connectivity index (χ0n) is 11.5. The number of carbonyl (C=O) groups is 1. The molecule has 5 N–H and O–H groups in total. The Morgan fingerprint density at radius 1 is 1.14 bits per heavy atom. The lowest BCUT2D eigenvalue weighted by atomic mass is 10.2. The van der Waals surface area contributed by atoms with Gasteiger partial charge in [-0.05, 0) is 12.1 Å². The molecular weight excluding hydrogens is 317 g/mol. The fourth-order valence-corrected chi connectivity index (χ4v) is 2.39. The molecule has 0 aliphatic carbocycles. The van der Waals surface area contributed by atoms with E-state index in [-0.39, 0.29) is 35.6 Å². The summed E-state index contributed by atoms with van der Waals surface area (Å²) in [6.45, 7) is 1.15. The summed E-state index contributed by atoms with van der Waals surface area (Å²) < 4.78 is 0. The van der Waals surface area contributed by atoms with Crippen molar-refractivity contribution in [1.29, 1.82) is 0 Å². The van der Waals surface area contributed by atoms with Gasteiger partial charge in [-0.2, -0.15) is 0 Å². The van der Waals surface area contributed by atoms with E-state index in [4.69, 9.17) is 39.1 Å². The summed E-state index contributed by atoms with van der Waals surface area (Å²) in [5.41, 5.74) is 6.33. The van der Waals surface area contributed by atoms with Gasteiger partial charge < -0.3 is 21.3 Å². The monoisotopic (exact) mass is 335 g/mol. The van der Waals surface area contributed by atoms with Crippen LogP contribution in [-0.2, 0) is 4.79 Å². The fraction of sp³-hybridized carbons (Fsp3) is 0.462. The van der Waals surface area contributed by atoms with Crippen LogP contribution in [0.4, 0.5) is 11.4 Å². The predicted octanol–water partition coefficient (Wildman–Crippen LogP) is 1.19. The van der Waals surface area contributed by atoms with Gasteiger partial charge in [0.25, 0.3) is 0 Å². The van der Waals surface area contributed by atoms with Gasteiger partial charge >= 0.3 is 0 Å². The molecule has 0 bridgehead atoms. The second-order valence-electron chi connectivity index (χ2n) is 4.45. The lowest BCUT2D eigenvalue weighted by molar-refractivity contribution is -0.116. The van der Waals surface area contributed by atoms with Crippen LogP contribution in [0, 0.1) is 0 Å². The van der Waals surface area contributed by atoms with Crippen molar-refractivity contribution in [3.05, 3.63) is 22.2 Å². The first-order chi connectivity index (χ1) is 9.97. The predicted molar refractivity (Wildman–Crippen MR) is 84.7 cm³/mol. The van der Waals surface area contributed by atoms with Crippen LogP contribution in [-0.4, -0.2) is 53.9 Å². The lowest BCUT2D eigenvalue weighted by Crippen LogP contribution is -2.32. The van der Waals surface area contributed by atoms with Gasteiger partial charge in [0.05, 0.1) is 28.9 Å².